The second kappa shape index (κ2) is 7.43. The van der Waals surface area contributed by atoms with Gasteiger partial charge in [-0.15, -0.1) is 0 Å². The Hall–Kier alpha value is -1.36. The van der Waals surface area contributed by atoms with Crippen LogP contribution in [0.15, 0.2) is 53.0 Å². The van der Waals surface area contributed by atoms with Crippen LogP contribution in [0.5, 0.6) is 0 Å². The highest BCUT2D eigenvalue weighted by atomic mass is 79.9. The van der Waals surface area contributed by atoms with Crippen LogP contribution in [-0.2, 0) is 13.0 Å². The van der Waals surface area contributed by atoms with Crippen molar-refractivity contribution in [2.75, 3.05) is 11.9 Å². The first-order valence-corrected chi connectivity index (χ1v) is 7.41. The Bertz CT molecular complexity index is 545. The first-order valence-electron chi connectivity index (χ1n) is 6.62. The molecule has 0 aliphatic heterocycles. The maximum absolute atomic E-state index is 9.55. The van der Waals surface area contributed by atoms with Crippen molar-refractivity contribution in [3.8, 4) is 0 Å². The van der Waals surface area contributed by atoms with E-state index in [4.69, 9.17) is 5.73 Å². The van der Waals surface area contributed by atoms with E-state index in [1.807, 2.05) is 36.4 Å². The van der Waals surface area contributed by atoms with E-state index in [9.17, 15) is 5.11 Å². The highest BCUT2D eigenvalue weighted by Crippen LogP contribution is 2.20. The summed E-state index contributed by atoms with van der Waals surface area (Å²) in [5, 5.41) is 12.9. The molecule has 0 aromatic heterocycles. The van der Waals surface area contributed by atoms with Crippen molar-refractivity contribution >= 4 is 21.6 Å². The van der Waals surface area contributed by atoms with E-state index in [0.29, 0.717) is 6.54 Å². The molecule has 0 aliphatic carbocycles. The fourth-order valence-corrected chi connectivity index (χ4v) is 2.69. The van der Waals surface area contributed by atoms with Gasteiger partial charge >= 0.3 is 0 Å². The minimum absolute atomic E-state index is 0.0164. The number of hydrogen-bond acceptors (Lipinski definition) is 3. The SMILES string of the molecule is NCc1cc(Br)cc(NC(CO)Cc2ccccc2)c1. The molecule has 0 saturated carbocycles. The number of aliphatic hydroxyl groups excluding tert-OH is 1. The molecule has 1 atom stereocenters. The molecule has 3 nitrogen and oxygen atoms in total. The summed E-state index contributed by atoms with van der Waals surface area (Å²) in [6, 6.07) is 16.1. The van der Waals surface area contributed by atoms with Gasteiger partial charge in [-0.3, -0.25) is 0 Å². The van der Waals surface area contributed by atoms with E-state index in [2.05, 4.69) is 33.4 Å². The van der Waals surface area contributed by atoms with Gasteiger partial charge in [-0.05, 0) is 35.7 Å². The zero-order valence-corrected chi connectivity index (χ0v) is 12.8. The topological polar surface area (TPSA) is 58.3 Å². The van der Waals surface area contributed by atoms with Crippen LogP contribution in [0, 0.1) is 0 Å². The van der Waals surface area contributed by atoms with Gasteiger partial charge in [0.25, 0.3) is 0 Å². The Morgan fingerprint density at radius 2 is 1.85 bits per heavy atom. The summed E-state index contributed by atoms with van der Waals surface area (Å²) >= 11 is 3.47. The lowest BCUT2D eigenvalue weighted by atomic mass is 10.1. The number of halogens is 1. The number of hydrogen-bond donors (Lipinski definition) is 3. The molecule has 0 saturated heterocycles. The number of aliphatic hydroxyl groups is 1. The largest absolute Gasteiger partial charge is 0.394 e. The van der Waals surface area contributed by atoms with Crippen LogP contribution >= 0.6 is 15.9 Å². The zero-order valence-electron chi connectivity index (χ0n) is 11.2. The monoisotopic (exact) mass is 334 g/mol. The smallest absolute Gasteiger partial charge is 0.0636 e. The van der Waals surface area contributed by atoms with Crippen molar-refractivity contribution in [1.82, 2.24) is 0 Å². The van der Waals surface area contributed by atoms with Crippen LogP contribution in [0.4, 0.5) is 5.69 Å². The summed E-state index contributed by atoms with van der Waals surface area (Å²) in [5.74, 6) is 0. The lowest BCUT2D eigenvalue weighted by Gasteiger charge is -2.18. The average molecular weight is 335 g/mol. The van der Waals surface area contributed by atoms with Crippen LogP contribution < -0.4 is 11.1 Å². The third kappa shape index (κ3) is 4.34. The number of nitrogens with two attached hydrogens (primary N) is 1. The number of rotatable bonds is 6. The van der Waals surface area contributed by atoms with E-state index >= 15 is 0 Å². The number of anilines is 1. The third-order valence-corrected chi connectivity index (χ3v) is 3.57. The number of benzene rings is 2. The molecule has 0 bridgehead atoms. The summed E-state index contributed by atoms with van der Waals surface area (Å²) in [6.45, 7) is 0.579. The fourth-order valence-electron chi connectivity index (χ4n) is 2.15. The quantitative estimate of drug-likeness (QED) is 0.761. The molecule has 0 fully saturated rings. The van der Waals surface area contributed by atoms with Gasteiger partial charge in [0, 0.05) is 16.7 Å². The van der Waals surface area contributed by atoms with Crippen molar-refractivity contribution < 1.29 is 5.11 Å². The van der Waals surface area contributed by atoms with Gasteiger partial charge < -0.3 is 16.2 Å². The van der Waals surface area contributed by atoms with Gasteiger partial charge in [0.2, 0.25) is 0 Å². The standard InChI is InChI=1S/C16H19BrN2O/c17-14-6-13(10-18)8-15(9-14)19-16(11-20)7-12-4-2-1-3-5-12/h1-6,8-9,16,19-20H,7,10-11,18H2. The van der Waals surface area contributed by atoms with Crippen molar-refractivity contribution in [3.63, 3.8) is 0 Å². The zero-order chi connectivity index (χ0) is 14.4. The van der Waals surface area contributed by atoms with E-state index in [1.54, 1.807) is 0 Å². The molecular weight excluding hydrogens is 316 g/mol. The Morgan fingerprint density at radius 1 is 1.10 bits per heavy atom. The minimum Gasteiger partial charge on any atom is -0.394 e. The van der Waals surface area contributed by atoms with Crippen LogP contribution in [0.1, 0.15) is 11.1 Å². The van der Waals surface area contributed by atoms with Crippen molar-refractivity contribution in [2.24, 2.45) is 5.73 Å². The molecule has 0 amide bonds. The van der Waals surface area contributed by atoms with Gasteiger partial charge in [0.1, 0.15) is 0 Å². The van der Waals surface area contributed by atoms with Crippen molar-refractivity contribution in [2.45, 2.75) is 19.0 Å². The Labute approximate surface area is 127 Å². The molecule has 2 aromatic carbocycles. The van der Waals surface area contributed by atoms with E-state index in [1.165, 1.54) is 5.56 Å². The molecule has 4 heteroatoms. The highest BCUT2D eigenvalue weighted by Gasteiger charge is 2.09. The van der Waals surface area contributed by atoms with Gasteiger partial charge in [-0.1, -0.05) is 46.3 Å². The predicted octanol–water partition coefficient (Wildman–Crippen LogP) is 2.92. The van der Waals surface area contributed by atoms with Gasteiger partial charge in [0.05, 0.1) is 12.6 Å². The Morgan fingerprint density at radius 3 is 2.50 bits per heavy atom. The van der Waals surface area contributed by atoms with E-state index in [-0.39, 0.29) is 12.6 Å². The van der Waals surface area contributed by atoms with Crippen LogP contribution in [0.3, 0.4) is 0 Å². The molecule has 4 N–H and O–H groups in total. The second-order valence-corrected chi connectivity index (χ2v) is 5.68. The van der Waals surface area contributed by atoms with E-state index < -0.39 is 0 Å². The van der Waals surface area contributed by atoms with Crippen LogP contribution in [0.2, 0.25) is 0 Å². The van der Waals surface area contributed by atoms with Crippen molar-refractivity contribution in [1.29, 1.82) is 0 Å². The molecule has 0 radical (unpaired) electrons. The summed E-state index contributed by atoms with van der Waals surface area (Å²) < 4.78 is 0.986. The molecule has 106 valence electrons. The maximum Gasteiger partial charge on any atom is 0.0636 e. The highest BCUT2D eigenvalue weighted by molar-refractivity contribution is 9.10. The average Bonchev–Trinajstić information content (AvgIpc) is 2.47. The molecule has 0 spiro atoms. The molecule has 2 aromatic rings. The maximum atomic E-state index is 9.55. The first-order chi connectivity index (χ1) is 9.71. The third-order valence-electron chi connectivity index (χ3n) is 3.11. The first kappa shape index (κ1) is 15.0. The number of nitrogens with one attached hydrogen (secondary N) is 1. The normalized spacial score (nSPS) is 12.2. The summed E-state index contributed by atoms with van der Waals surface area (Å²) in [6.07, 6.45) is 0.780. The summed E-state index contributed by atoms with van der Waals surface area (Å²) in [5.41, 5.74) is 8.90. The molecule has 0 aliphatic rings. The molecular formula is C16H19BrN2O. The van der Waals surface area contributed by atoms with Crippen LogP contribution in [0.25, 0.3) is 0 Å². The Balaban J connectivity index is 2.08. The molecule has 20 heavy (non-hydrogen) atoms. The fraction of sp³-hybridized carbons (Fsp3) is 0.250. The predicted molar refractivity (Wildman–Crippen MR) is 86.7 cm³/mol. The second-order valence-electron chi connectivity index (χ2n) is 4.77. The Kier molecular flexibility index (Phi) is 5.59. The lowest BCUT2D eigenvalue weighted by molar-refractivity contribution is 0.273. The van der Waals surface area contributed by atoms with Crippen molar-refractivity contribution in [3.05, 3.63) is 64.1 Å². The summed E-state index contributed by atoms with van der Waals surface area (Å²) in [4.78, 5) is 0. The van der Waals surface area contributed by atoms with Gasteiger partial charge in [-0.2, -0.15) is 0 Å². The van der Waals surface area contributed by atoms with Gasteiger partial charge in [0.15, 0.2) is 0 Å². The van der Waals surface area contributed by atoms with Gasteiger partial charge in [-0.25, -0.2) is 0 Å². The summed E-state index contributed by atoms with van der Waals surface area (Å²) in [7, 11) is 0. The van der Waals surface area contributed by atoms with E-state index in [0.717, 1.165) is 22.1 Å². The molecule has 1 unspecified atom stereocenters. The molecule has 2 rings (SSSR count). The van der Waals surface area contributed by atoms with Crippen LogP contribution in [-0.4, -0.2) is 17.8 Å². The molecule has 0 heterocycles. The lowest BCUT2D eigenvalue weighted by Crippen LogP contribution is -2.26. The minimum atomic E-state index is -0.0164.